The Hall–Kier alpha value is -2.86. The molecule has 0 saturated carbocycles. The van der Waals surface area contributed by atoms with E-state index in [2.05, 4.69) is 20.2 Å². The van der Waals surface area contributed by atoms with Crippen molar-refractivity contribution in [2.45, 2.75) is 0 Å². The number of aromatic hydroxyl groups is 1. The molecule has 2 N–H and O–H groups in total. The van der Waals surface area contributed by atoms with Crippen LogP contribution in [0.3, 0.4) is 0 Å². The zero-order valence-electron chi connectivity index (χ0n) is 11.5. The molecule has 0 bridgehead atoms. The average Bonchev–Trinajstić information content (AvgIpc) is 2.55. The number of hydrogen-bond acceptors (Lipinski definition) is 5. The molecular formula is C16H12N4OS. The number of phenolic OH excluding ortho intramolecular Hbond substituents is 1. The van der Waals surface area contributed by atoms with E-state index in [4.69, 9.17) is 12.2 Å². The minimum atomic E-state index is 0.229. The van der Waals surface area contributed by atoms with Crippen LogP contribution >= 0.6 is 12.2 Å². The molecule has 0 aliphatic rings. The first-order valence-electron chi connectivity index (χ1n) is 6.56. The van der Waals surface area contributed by atoms with Crippen molar-refractivity contribution >= 4 is 24.1 Å². The molecule has 2 aromatic carbocycles. The number of aromatic amines is 1. The van der Waals surface area contributed by atoms with Crippen LogP contribution < -0.4 is 0 Å². The second-order valence-electron chi connectivity index (χ2n) is 4.54. The number of benzene rings is 2. The van der Waals surface area contributed by atoms with E-state index in [-0.39, 0.29) is 5.75 Å². The lowest BCUT2D eigenvalue weighted by atomic mass is 10.1. The predicted octanol–water partition coefficient (Wildman–Crippen LogP) is 3.66. The monoisotopic (exact) mass is 308 g/mol. The van der Waals surface area contributed by atoms with Gasteiger partial charge in [-0.05, 0) is 48.1 Å². The molecule has 22 heavy (non-hydrogen) atoms. The van der Waals surface area contributed by atoms with Crippen molar-refractivity contribution in [3.63, 3.8) is 0 Å². The Morgan fingerprint density at radius 1 is 1.09 bits per heavy atom. The van der Waals surface area contributed by atoms with Gasteiger partial charge in [0.05, 0.1) is 11.9 Å². The standard InChI is InChI=1S/C16H12N4OS/c21-12-7-5-11(6-8-12)9-17-14-4-2-1-3-13(14)15-10-18-16(22)20-19-15/h1-10,21H,(H,18,20,22). The molecule has 0 unspecified atom stereocenters. The smallest absolute Gasteiger partial charge is 0.213 e. The van der Waals surface area contributed by atoms with Gasteiger partial charge in [0.2, 0.25) is 4.77 Å². The minimum absolute atomic E-state index is 0.229. The van der Waals surface area contributed by atoms with Crippen molar-refractivity contribution < 1.29 is 5.11 Å². The van der Waals surface area contributed by atoms with Gasteiger partial charge in [0.1, 0.15) is 11.4 Å². The summed E-state index contributed by atoms with van der Waals surface area (Å²) in [5.41, 5.74) is 3.20. The fourth-order valence-electron chi connectivity index (χ4n) is 1.92. The number of phenols is 1. The summed E-state index contributed by atoms with van der Waals surface area (Å²) in [6.45, 7) is 0. The van der Waals surface area contributed by atoms with E-state index in [9.17, 15) is 5.11 Å². The molecule has 0 aliphatic carbocycles. The Kier molecular flexibility index (Phi) is 4.02. The summed E-state index contributed by atoms with van der Waals surface area (Å²) in [6, 6.07) is 14.5. The highest BCUT2D eigenvalue weighted by Crippen LogP contribution is 2.27. The molecule has 6 heteroatoms. The van der Waals surface area contributed by atoms with E-state index in [0.29, 0.717) is 10.5 Å². The number of aliphatic imine (C=N–C) groups is 1. The molecule has 0 fully saturated rings. The van der Waals surface area contributed by atoms with Crippen LogP contribution in [-0.4, -0.2) is 26.5 Å². The lowest BCUT2D eigenvalue weighted by molar-refractivity contribution is 0.475. The molecule has 0 radical (unpaired) electrons. The van der Waals surface area contributed by atoms with Gasteiger partial charge in [-0.25, -0.2) is 4.98 Å². The molecule has 5 nitrogen and oxygen atoms in total. The van der Waals surface area contributed by atoms with Crippen LogP contribution in [0, 0.1) is 4.77 Å². The third-order valence-electron chi connectivity index (χ3n) is 3.00. The van der Waals surface area contributed by atoms with Crippen molar-refractivity contribution in [1.29, 1.82) is 0 Å². The largest absolute Gasteiger partial charge is 0.508 e. The molecule has 0 spiro atoms. The Bertz CT molecular complexity index is 851. The summed E-state index contributed by atoms with van der Waals surface area (Å²) in [6.07, 6.45) is 3.35. The summed E-state index contributed by atoms with van der Waals surface area (Å²) < 4.78 is 0.342. The average molecular weight is 308 g/mol. The summed E-state index contributed by atoms with van der Waals surface area (Å²) in [4.78, 5) is 8.53. The molecule has 0 atom stereocenters. The Morgan fingerprint density at radius 2 is 1.86 bits per heavy atom. The van der Waals surface area contributed by atoms with Gasteiger partial charge >= 0.3 is 0 Å². The molecule has 3 rings (SSSR count). The summed E-state index contributed by atoms with van der Waals surface area (Å²) in [5.74, 6) is 0.229. The second-order valence-corrected chi connectivity index (χ2v) is 4.93. The number of aromatic nitrogens is 3. The zero-order chi connectivity index (χ0) is 15.4. The van der Waals surface area contributed by atoms with Crippen LogP contribution in [0.15, 0.2) is 59.7 Å². The van der Waals surface area contributed by atoms with Crippen LogP contribution in [0.4, 0.5) is 5.69 Å². The number of para-hydroxylation sites is 1. The van der Waals surface area contributed by atoms with Crippen LogP contribution in [-0.2, 0) is 0 Å². The maximum atomic E-state index is 9.29. The molecular weight excluding hydrogens is 296 g/mol. The SMILES string of the molecule is Oc1ccc(C=Nc2ccccc2-c2cnc(=S)[nH]n2)cc1. The lowest BCUT2D eigenvalue weighted by Crippen LogP contribution is -1.90. The van der Waals surface area contributed by atoms with Gasteiger partial charge in [0.25, 0.3) is 0 Å². The minimum Gasteiger partial charge on any atom is -0.508 e. The van der Waals surface area contributed by atoms with Gasteiger partial charge in [-0.1, -0.05) is 18.2 Å². The molecule has 1 aromatic heterocycles. The van der Waals surface area contributed by atoms with Crippen LogP contribution in [0.25, 0.3) is 11.3 Å². The summed E-state index contributed by atoms with van der Waals surface area (Å²) in [5, 5.41) is 16.1. The van der Waals surface area contributed by atoms with Crippen molar-refractivity contribution in [3.8, 4) is 17.0 Å². The molecule has 0 saturated heterocycles. The normalized spacial score (nSPS) is 10.9. The third kappa shape index (κ3) is 3.24. The van der Waals surface area contributed by atoms with Gasteiger partial charge in [0.15, 0.2) is 0 Å². The van der Waals surface area contributed by atoms with E-state index in [0.717, 1.165) is 16.8 Å². The molecule has 108 valence electrons. The summed E-state index contributed by atoms with van der Waals surface area (Å²) in [7, 11) is 0. The Morgan fingerprint density at radius 3 is 2.59 bits per heavy atom. The number of hydrogen-bond donors (Lipinski definition) is 2. The maximum absolute atomic E-state index is 9.29. The Balaban J connectivity index is 1.96. The zero-order valence-corrected chi connectivity index (χ0v) is 12.3. The summed E-state index contributed by atoms with van der Waals surface area (Å²) >= 11 is 4.90. The van der Waals surface area contributed by atoms with E-state index >= 15 is 0 Å². The van der Waals surface area contributed by atoms with Crippen molar-refractivity contribution in [2.24, 2.45) is 4.99 Å². The van der Waals surface area contributed by atoms with E-state index in [1.807, 2.05) is 24.3 Å². The fourth-order valence-corrected chi connectivity index (χ4v) is 2.02. The van der Waals surface area contributed by atoms with Gasteiger partial charge in [0, 0.05) is 11.8 Å². The predicted molar refractivity (Wildman–Crippen MR) is 88.0 cm³/mol. The Labute approximate surface area is 132 Å². The molecule has 0 amide bonds. The lowest BCUT2D eigenvalue weighted by Gasteiger charge is -2.03. The first kappa shape index (κ1) is 14.1. The molecule has 3 aromatic rings. The van der Waals surface area contributed by atoms with Gasteiger partial charge in [-0.2, -0.15) is 5.10 Å². The van der Waals surface area contributed by atoms with Gasteiger partial charge < -0.3 is 5.11 Å². The topological polar surface area (TPSA) is 74.2 Å². The van der Waals surface area contributed by atoms with E-state index in [1.165, 1.54) is 0 Å². The molecule has 1 heterocycles. The van der Waals surface area contributed by atoms with E-state index in [1.54, 1.807) is 36.7 Å². The highest BCUT2D eigenvalue weighted by atomic mass is 32.1. The molecule has 0 aliphatic heterocycles. The van der Waals surface area contributed by atoms with Crippen LogP contribution in [0.1, 0.15) is 5.56 Å². The highest BCUT2D eigenvalue weighted by Gasteiger charge is 2.05. The number of nitrogens with zero attached hydrogens (tertiary/aromatic N) is 3. The van der Waals surface area contributed by atoms with E-state index < -0.39 is 0 Å². The van der Waals surface area contributed by atoms with Gasteiger partial charge in [-0.3, -0.25) is 10.1 Å². The third-order valence-corrected chi connectivity index (χ3v) is 3.20. The second kappa shape index (κ2) is 6.28. The quantitative estimate of drug-likeness (QED) is 0.572. The first-order chi connectivity index (χ1) is 10.7. The number of rotatable bonds is 3. The van der Waals surface area contributed by atoms with Crippen molar-refractivity contribution in [2.75, 3.05) is 0 Å². The number of H-pyrrole nitrogens is 1. The van der Waals surface area contributed by atoms with Crippen molar-refractivity contribution in [3.05, 3.63) is 65.1 Å². The highest BCUT2D eigenvalue weighted by molar-refractivity contribution is 7.71. The number of nitrogens with one attached hydrogen (secondary N) is 1. The van der Waals surface area contributed by atoms with Crippen molar-refractivity contribution in [1.82, 2.24) is 15.2 Å². The maximum Gasteiger partial charge on any atom is 0.213 e. The van der Waals surface area contributed by atoms with Crippen LogP contribution in [0.5, 0.6) is 5.75 Å². The van der Waals surface area contributed by atoms with Crippen LogP contribution in [0.2, 0.25) is 0 Å². The first-order valence-corrected chi connectivity index (χ1v) is 6.97. The fraction of sp³-hybridized carbons (Fsp3) is 0. The van der Waals surface area contributed by atoms with Gasteiger partial charge in [-0.15, -0.1) is 0 Å².